The molecule has 0 radical (unpaired) electrons. The molecule has 0 aliphatic carbocycles. The molecular weight excluding hydrogens is 406 g/mol. The van der Waals surface area contributed by atoms with E-state index in [1.807, 2.05) is 0 Å². The van der Waals surface area contributed by atoms with Crippen LogP contribution in [-0.2, 0) is 11.2 Å². The fraction of sp³-hybridized carbons (Fsp3) is 0.300. The van der Waals surface area contributed by atoms with Crippen molar-refractivity contribution in [2.24, 2.45) is 0 Å². The molecule has 0 aromatic heterocycles. The van der Waals surface area contributed by atoms with Crippen molar-refractivity contribution in [2.45, 2.75) is 6.42 Å². The van der Waals surface area contributed by atoms with Crippen molar-refractivity contribution < 1.29 is 18.7 Å². The Hall–Kier alpha value is -2.31. The molecule has 2 aromatic rings. The average Bonchev–Trinajstić information content (AvgIpc) is 2.70. The van der Waals surface area contributed by atoms with E-state index < -0.39 is 0 Å². The molecular formula is C20H19Cl2FN2O3. The van der Waals surface area contributed by atoms with Gasteiger partial charge in [-0.25, -0.2) is 4.39 Å². The van der Waals surface area contributed by atoms with Crippen molar-refractivity contribution in [1.82, 2.24) is 9.80 Å². The summed E-state index contributed by atoms with van der Waals surface area (Å²) in [6.45, 7) is 1.57. The molecule has 1 saturated heterocycles. The molecule has 2 amide bonds. The lowest BCUT2D eigenvalue weighted by Gasteiger charge is -2.35. The van der Waals surface area contributed by atoms with E-state index in [9.17, 15) is 14.0 Å². The van der Waals surface area contributed by atoms with Gasteiger partial charge in [-0.2, -0.15) is 0 Å². The second-order valence-electron chi connectivity index (χ2n) is 6.41. The molecule has 0 unspecified atom stereocenters. The van der Waals surface area contributed by atoms with Crippen LogP contribution >= 0.6 is 23.2 Å². The third-order valence-electron chi connectivity index (χ3n) is 4.66. The summed E-state index contributed by atoms with van der Waals surface area (Å²) in [4.78, 5) is 28.7. The standard InChI is InChI=1S/C20H19Cl2FN2O3/c1-28-19-16(22)7-6-15(21)18(19)20(27)25-10-8-24(9-11-25)17(26)12-13-2-4-14(23)5-3-13/h2-7H,8-12H2,1H3. The van der Waals surface area contributed by atoms with Gasteiger partial charge in [0.05, 0.1) is 23.6 Å². The van der Waals surface area contributed by atoms with Gasteiger partial charge in [0.2, 0.25) is 5.91 Å². The van der Waals surface area contributed by atoms with Crippen molar-refractivity contribution in [3.8, 4) is 5.75 Å². The first-order valence-corrected chi connectivity index (χ1v) is 9.49. The number of nitrogens with zero attached hydrogens (tertiary/aromatic N) is 2. The summed E-state index contributed by atoms with van der Waals surface area (Å²) in [5.41, 5.74) is 0.975. The summed E-state index contributed by atoms with van der Waals surface area (Å²) in [7, 11) is 1.43. The van der Waals surface area contributed by atoms with Gasteiger partial charge in [0.25, 0.3) is 5.91 Å². The van der Waals surface area contributed by atoms with Crippen LogP contribution < -0.4 is 4.74 Å². The minimum Gasteiger partial charge on any atom is -0.494 e. The molecule has 1 aliphatic rings. The highest BCUT2D eigenvalue weighted by Gasteiger charge is 2.28. The summed E-state index contributed by atoms with van der Waals surface area (Å²) in [5.74, 6) is -0.431. The van der Waals surface area contributed by atoms with Crippen LogP contribution in [0.1, 0.15) is 15.9 Å². The number of rotatable bonds is 4. The minimum atomic E-state index is -0.335. The fourth-order valence-corrected chi connectivity index (χ4v) is 3.60. The van der Waals surface area contributed by atoms with Crippen LogP contribution in [0.5, 0.6) is 5.75 Å². The Kier molecular flexibility index (Phi) is 6.42. The van der Waals surface area contributed by atoms with Crippen molar-refractivity contribution >= 4 is 35.0 Å². The lowest BCUT2D eigenvalue weighted by atomic mass is 10.1. The monoisotopic (exact) mass is 424 g/mol. The van der Waals surface area contributed by atoms with Gasteiger partial charge in [-0.15, -0.1) is 0 Å². The molecule has 1 aliphatic heterocycles. The van der Waals surface area contributed by atoms with E-state index in [1.165, 1.54) is 19.2 Å². The second kappa shape index (κ2) is 8.80. The molecule has 5 nitrogen and oxygen atoms in total. The maximum absolute atomic E-state index is 13.0. The Labute approximate surface area is 172 Å². The van der Waals surface area contributed by atoms with Gasteiger partial charge in [0, 0.05) is 26.2 Å². The lowest BCUT2D eigenvalue weighted by Crippen LogP contribution is -2.51. The topological polar surface area (TPSA) is 49.9 Å². The van der Waals surface area contributed by atoms with Gasteiger partial charge in [-0.05, 0) is 29.8 Å². The number of benzene rings is 2. The average molecular weight is 425 g/mol. The molecule has 0 N–H and O–H groups in total. The van der Waals surface area contributed by atoms with Crippen LogP contribution in [0.4, 0.5) is 4.39 Å². The number of hydrogen-bond donors (Lipinski definition) is 0. The van der Waals surface area contributed by atoms with E-state index in [-0.39, 0.29) is 40.4 Å². The first-order chi connectivity index (χ1) is 13.4. The Morgan fingerprint density at radius 2 is 1.54 bits per heavy atom. The van der Waals surface area contributed by atoms with Crippen LogP contribution in [0, 0.1) is 5.82 Å². The Bertz CT molecular complexity index is 882. The van der Waals surface area contributed by atoms with E-state index in [1.54, 1.807) is 34.1 Å². The van der Waals surface area contributed by atoms with E-state index >= 15 is 0 Å². The Balaban J connectivity index is 1.64. The zero-order valence-corrected chi connectivity index (χ0v) is 16.8. The van der Waals surface area contributed by atoms with Gasteiger partial charge < -0.3 is 14.5 Å². The summed E-state index contributed by atoms with van der Waals surface area (Å²) in [6.07, 6.45) is 0.197. The van der Waals surface area contributed by atoms with Crippen LogP contribution in [0.25, 0.3) is 0 Å². The van der Waals surface area contributed by atoms with E-state index in [4.69, 9.17) is 27.9 Å². The van der Waals surface area contributed by atoms with Gasteiger partial charge in [-0.1, -0.05) is 35.3 Å². The van der Waals surface area contributed by atoms with Gasteiger partial charge >= 0.3 is 0 Å². The number of carbonyl (C=O) groups excluding carboxylic acids is 2. The number of carbonyl (C=O) groups is 2. The number of ether oxygens (including phenoxy) is 1. The summed E-state index contributed by atoms with van der Waals surface area (Å²) in [6, 6.07) is 9.00. The molecule has 8 heteroatoms. The van der Waals surface area contributed by atoms with Crippen LogP contribution in [-0.4, -0.2) is 54.9 Å². The Morgan fingerprint density at radius 3 is 2.14 bits per heavy atom. The number of amides is 2. The largest absolute Gasteiger partial charge is 0.494 e. The molecule has 148 valence electrons. The van der Waals surface area contributed by atoms with Crippen molar-refractivity contribution in [2.75, 3.05) is 33.3 Å². The van der Waals surface area contributed by atoms with E-state index in [0.29, 0.717) is 31.2 Å². The van der Waals surface area contributed by atoms with Crippen LogP contribution in [0.2, 0.25) is 10.0 Å². The summed E-state index contributed by atoms with van der Waals surface area (Å²) >= 11 is 12.3. The number of halogens is 3. The highest BCUT2D eigenvalue weighted by molar-refractivity contribution is 6.37. The molecule has 2 aromatic carbocycles. The summed E-state index contributed by atoms with van der Waals surface area (Å²) in [5, 5.41) is 0.574. The van der Waals surface area contributed by atoms with Crippen molar-refractivity contribution in [3.63, 3.8) is 0 Å². The SMILES string of the molecule is COc1c(Cl)ccc(Cl)c1C(=O)N1CCN(C(=O)Cc2ccc(F)cc2)CC1. The predicted molar refractivity (Wildman–Crippen MR) is 106 cm³/mol. The zero-order chi connectivity index (χ0) is 20.3. The van der Waals surface area contributed by atoms with Crippen molar-refractivity contribution in [3.05, 3.63) is 63.4 Å². The second-order valence-corrected chi connectivity index (χ2v) is 7.23. The highest BCUT2D eigenvalue weighted by atomic mass is 35.5. The molecule has 0 atom stereocenters. The molecule has 1 heterocycles. The van der Waals surface area contributed by atoms with Crippen LogP contribution in [0.3, 0.4) is 0 Å². The maximum atomic E-state index is 13.0. The molecule has 1 fully saturated rings. The fourth-order valence-electron chi connectivity index (χ4n) is 3.14. The number of methoxy groups -OCH3 is 1. The minimum absolute atomic E-state index is 0.0583. The number of piperazine rings is 1. The maximum Gasteiger partial charge on any atom is 0.259 e. The van der Waals surface area contributed by atoms with Crippen LogP contribution in [0.15, 0.2) is 36.4 Å². The molecule has 0 saturated carbocycles. The first kappa shape index (κ1) is 20.4. The Morgan fingerprint density at radius 1 is 0.964 bits per heavy atom. The highest BCUT2D eigenvalue weighted by Crippen LogP contribution is 2.34. The van der Waals surface area contributed by atoms with Gasteiger partial charge in [-0.3, -0.25) is 9.59 Å². The third kappa shape index (κ3) is 4.39. The smallest absolute Gasteiger partial charge is 0.259 e. The predicted octanol–water partition coefficient (Wildman–Crippen LogP) is 3.67. The lowest BCUT2D eigenvalue weighted by molar-refractivity contribution is -0.131. The van der Waals surface area contributed by atoms with E-state index in [2.05, 4.69) is 0 Å². The molecule has 3 rings (SSSR count). The molecule has 0 spiro atoms. The molecule has 28 heavy (non-hydrogen) atoms. The van der Waals surface area contributed by atoms with Gasteiger partial charge in [0.1, 0.15) is 11.4 Å². The first-order valence-electron chi connectivity index (χ1n) is 8.74. The summed E-state index contributed by atoms with van der Waals surface area (Å²) < 4.78 is 18.2. The van der Waals surface area contributed by atoms with Gasteiger partial charge in [0.15, 0.2) is 5.75 Å². The number of hydrogen-bond acceptors (Lipinski definition) is 3. The zero-order valence-electron chi connectivity index (χ0n) is 15.3. The normalized spacial score (nSPS) is 14.1. The third-order valence-corrected chi connectivity index (χ3v) is 5.28. The van der Waals surface area contributed by atoms with Crippen molar-refractivity contribution in [1.29, 1.82) is 0 Å². The quantitative estimate of drug-likeness (QED) is 0.752. The molecule has 0 bridgehead atoms. The van der Waals surface area contributed by atoms with E-state index in [0.717, 1.165) is 5.56 Å².